The highest BCUT2D eigenvalue weighted by Crippen LogP contribution is 2.35. The normalized spacial score (nSPS) is 21.2. The molecule has 5 heteroatoms. The van der Waals surface area contributed by atoms with Crippen molar-refractivity contribution in [3.05, 3.63) is 82.3 Å². The summed E-state index contributed by atoms with van der Waals surface area (Å²) in [7, 11) is 0. The van der Waals surface area contributed by atoms with Gasteiger partial charge in [-0.2, -0.15) is 0 Å². The minimum Gasteiger partial charge on any atom is -0.338 e. The van der Waals surface area contributed by atoms with E-state index in [1.165, 1.54) is 5.56 Å². The molecule has 0 bridgehead atoms. The highest BCUT2D eigenvalue weighted by molar-refractivity contribution is 9.10. The number of halogens is 1. The van der Waals surface area contributed by atoms with E-state index in [1.807, 2.05) is 59.5 Å². The maximum Gasteiger partial charge on any atom is 0.254 e. The second kappa shape index (κ2) is 9.07. The van der Waals surface area contributed by atoms with Gasteiger partial charge in [0.25, 0.3) is 5.91 Å². The van der Waals surface area contributed by atoms with Gasteiger partial charge in [0.15, 0.2) is 0 Å². The number of likely N-dealkylation sites (tertiary alicyclic amines) is 2. The summed E-state index contributed by atoms with van der Waals surface area (Å²) in [6.07, 6.45) is 3.74. The zero-order valence-electron chi connectivity index (χ0n) is 18.0. The molecule has 0 N–H and O–H groups in total. The Kier molecular flexibility index (Phi) is 6.01. The molecule has 32 heavy (non-hydrogen) atoms. The van der Waals surface area contributed by atoms with Crippen molar-refractivity contribution < 1.29 is 9.59 Å². The van der Waals surface area contributed by atoms with Crippen LogP contribution < -0.4 is 0 Å². The lowest BCUT2D eigenvalue weighted by molar-refractivity contribution is -0.137. The average Bonchev–Trinajstić information content (AvgIpc) is 3.33. The van der Waals surface area contributed by atoms with Crippen LogP contribution in [0.25, 0.3) is 10.8 Å². The summed E-state index contributed by atoms with van der Waals surface area (Å²) in [5.74, 6) is 0.106. The van der Waals surface area contributed by atoms with Crippen molar-refractivity contribution in [2.75, 3.05) is 19.6 Å². The zero-order chi connectivity index (χ0) is 22.1. The number of fused-ring (bicyclic) bond motifs is 1. The standard InChI is InChI=1S/C27H27BrN2O2/c28-22-14-12-20(13-15-22)25-11-5-17-30(25)26(31)21-8-4-16-29(18-21)27(32)24-10-3-7-19-6-1-2-9-23(19)24/h1-3,6-7,9-10,12-15,21,25H,4-5,8,11,16-18H2. The van der Waals surface area contributed by atoms with Crippen LogP contribution in [-0.2, 0) is 4.79 Å². The highest BCUT2D eigenvalue weighted by Gasteiger charge is 2.37. The van der Waals surface area contributed by atoms with Crippen LogP contribution in [0, 0.1) is 5.92 Å². The highest BCUT2D eigenvalue weighted by atomic mass is 79.9. The molecule has 0 aliphatic carbocycles. The maximum absolute atomic E-state index is 13.5. The second-order valence-corrected chi connectivity index (χ2v) is 9.77. The molecule has 2 saturated heterocycles. The number of benzene rings is 3. The first-order valence-electron chi connectivity index (χ1n) is 11.4. The van der Waals surface area contributed by atoms with Crippen LogP contribution in [-0.4, -0.2) is 41.2 Å². The second-order valence-electron chi connectivity index (χ2n) is 8.86. The van der Waals surface area contributed by atoms with Crippen molar-refractivity contribution >= 4 is 38.5 Å². The molecule has 164 valence electrons. The summed E-state index contributed by atoms with van der Waals surface area (Å²) in [5.41, 5.74) is 1.92. The first-order valence-corrected chi connectivity index (χ1v) is 12.2. The van der Waals surface area contributed by atoms with E-state index in [4.69, 9.17) is 0 Å². The van der Waals surface area contributed by atoms with Crippen molar-refractivity contribution in [2.24, 2.45) is 5.92 Å². The molecular formula is C27H27BrN2O2. The molecule has 0 radical (unpaired) electrons. The van der Waals surface area contributed by atoms with E-state index in [2.05, 4.69) is 33.0 Å². The Labute approximate surface area is 197 Å². The first kappa shape index (κ1) is 21.2. The molecule has 2 aliphatic heterocycles. The molecule has 5 rings (SSSR count). The molecular weight excluding hydrogens is 464 g/mol. The fourth-order valence-electron chi connectivity index (χ4n) is 5.24. The zero-order valence-corrected chi connectivity index (χ0v) is 19.6. The number of rotatable bonds is 3. The van der Waals surface area contributed by atoms with E-state index >= 15 is 0 Å². The molecule has 2 aliphatic rings. The van der Waals surface area contributed by atoms with Gasteiger partial charge in [-0.1, -0.05) is 64.5 Å². The number of carbonyl (C=O) groups excluding carboxylic acids is 2. The monoisotopic (exact) mass is 490 g/mol. The third-order valence-corrected chi connectivity index (χ3v) is 7.40. The van der Waals surface area contributed by atoms with Gasteiger partial charge in [-0.25, -0.2) is 0 Å². The van der Waals surface area contributed by atoms with Gasteiger partial charge >= 0.3 is 0 Å². The lowest BCUT2D eigenvalue weighted by Gasteiger charge is -2.36. The van der Waals surface area contributed by atoms with Crippen LogP contribution in [0.4, 0.5) is 0 Å². The Morgan fingerprint density at radius 1 is 0.844 bits per heavy atom. The van der Waals surface area contributed by atoms with Gasteiger partial charge in [-0.3, -0.25) is 9.59 Å². The molecule has 2 fully saturated rings. The molecule has 2 unspecified atom stereocenters. The van der Waals surface area contributed by atoms with Gasteiger partial charge < -0.3 is 9.80 Å². The van der Waals surface area contributed by atoms with Gasteiger partial charge in [-0.05, 0) is 60.2 Å². The first-order chi connectivity index (χ1) is 15.6. The van der Waals surface area contributed by atoms with E-state index in [0.717, 1.165) is 53.0 Å². The largest absolute Gasteiger partial charge is 0.338 e. The Hall–Kier alpha value is -2.66. The summed E-state index contributed by atoms with van der Waals surface area (Å²) >= 11 is 3.50. The average molecular weight is 491 g/mol. The quantitative estimate of drug-likeness (QED) is 0.464. The minimum absolute atomic E-state index is 0.0326. The summed E-state index contributed by atoms with van der Waals surface area (Å²) in [6, 6.07) is 22.3. The molecule has 2 atom stereocenters. The number of amides is 2. The molecule has 2 heterocycles. The summed E-state index contributed by atoms with van der Waals surface area (Å²) < 4.78 is 1.05. The Morgan fingerprint density at radius 3 is 2.44 bits per heavy atom. The van der Waals surface area contributed by atoms with Gasteiger partial charge in [0.2, 0.25) is 5.91 Å². The maximum atomic E-state index is 13.5. The molecule has 3 aromatic rings. The number of hydrogen-bond donors (Lipinski definition) is 0. The van der Waals surface area contributed by atoms with Crippen LogP contribution in [0.2, 0.25) is 0 Å². The van der Waals surface area contributed by atoms with E-state index < -0.39 is 0 Å². The lowest BCUT2D eigenvalue weighted by atomic mass is 9.94. The third kappa shape index (κ3) is 4.06. The Balaban J connectivity index is 1.33. The van der Waals surface area contributed by atoms with E-state index in [0.29, 0.717) is 13.1 Å². The SMILES string of the molecule is O=C(c1cccc2ccccc12)N1CCCC(C(=O)N2CCCC2c2ccc(Br)cc2)C1. The van der Waals surface area contributed by atoms with E-state index in [1.54, 1.807) is 0 Å². The molecule has 4 nitrogen and oxygen atoms in total. The number of hydrogen-bond acceptors (Lipinski definition) is 2. The number of piperidine rings is 1. The van der Waals surface area contributed by atoms with Crippen molar-refractivity contribution in [3.8, 4) is 0 Å². The van der Waals surface area contributed by atoms with E-state index in [-0.39, 0.29) is 23.8 Å². The smallest absolute Gasteiger partial charge is 0.254 e. The van der Waals surface area contributed by atoms with Crippen molar-refractivity contribution in [1.29, 1.82) is 0 Å². The predicted molar refractivity (Wildman–Crippen MR) is 130 cm³/mol. The summed E-state index contributed by atoms with van der Waals surface area (Å²) in [6.45, 7) is 2.01. The molecule has 3 aromatic carbocycles. The minimum atomic E-state index is -0.126. The summed E-state index contributed by atoms with van der Waals surface area (Å²) in [4.78, 5) is 30.9. The fraction of sp³-hybridized carbons (Fsp3) is 0.333. The van der Waals surface area contributed by atoms with Crippen molar-refractivity contribution in [1.82, 2.24) is 9.80 Å². The molecule has 0 aromatic heterocycles. The van der Waals surface area contributed by atoms with Crippen LogP contribution in [0.15, 0.2) is 71.2 Å². The lowest BCUT2D eigenvalue weighted by Crippen LogP contribution is -2.46. The van der Waals surface area contributed by atoms with Gasteiger partial charge in [0.1, 0.15) is 0 Å². The Bertz CT molecular complexity index is 1140. The van der Waals surface area contributed by atoms with Crippen molar-refractivity contribution in [3.63, 3.8) is 0 Å². The van der Waals surface area contributed by atoms with Gasteiger partial charge in [-0.15, -0.1) is 0 Å². The Morgan fingerprint density at radius 2 is 1.59 bits per heavy atom. The van der Waals surface area contributed by atoms with Crippen LogP contribution in [0.5, 0.6) is 0 Å². The number of carbonyl (C=O) groups is 2. The number of nitrogens with zero attached hydrogens (tertiary/aromatic N) is 2. The third-order valence-electron chi connectivity index (χ3n) is 6.87. The van der Waals surface area contributed by atoms with E-state index in [9.17, 15) is 9.59 Å². The van der Waals surface area contributed by atoms with Crippen molar-refractivity contribution in [2.45, 2.75) is 31.7 Å². The molecule has 2 amide bonds. The van der Waals surface area contributed by atoms with Gasteiger partial charge in [0, 0.05) is 29.7 Å². The van der Waals surface area contributed by atoms with Gasteiger partial charge in [0.05, 0.1) is 12.0 Å². The molecule has 0 spiro atoms. The predicted octanol–water partition coefficient (Wildman–Crippen LogP) is 5.82. The van der Waals surface area contributed by atoms with Crippen LogP contribution in [0.1, 0.15) is 47.6 Å². The van der Waals surface area contributed by atoms with Crippen LogP contribution in [0.3, 0.4) is 0 Å². The topological polar surface area (TPSA) is 40.6 Å². The van der Waals surface area contributed by atoms with Crippen LogP contribution >= 0.6 is 15.9 Å². The molecule has 0 saturated carbocycles. The fourth-order valence-corrected chi connectivity index (χ4v) is 5.51. The summed E-state index contributed by atoms with van der Waals surface area (Å²) in [5, 5.41) is 2.04.